The van der Waals surface area contributed by atoms with Gasteiger partial charge in [-0.2, -0.15) is 0 Å². The summed E-state index contributed by atoms with van der Waals surface area (Å²) in [5.74, 6) is -0.933. The molecule has 0 aliphatic carbocycles. The number of carbonyl (C=O) groups is 2. The molecule has 0 saturated carbocycles. The van der Waals surface area contributed by atoms with Gasteiger partial charge < -0.3 is 20.5 Å². The first-order valence-corrected chi connectivity index (χ1v) is 7.67. The summed E-state index contributed by atoms with van der Waals surface area (Å²) < 4.78 is 5.23. The monoisotopic (exact) mass is 300 g/mol. The van der Waals surface area contributed by atoms with E-state index in [-0.39, 0.29) is 12.5 Å². The van der Waals surface area contributed by atoms with Gasteiger partial charge in [-0.25, -0.2) is 0 Å². The van der Waals surface area contributed by atoms with Crippen LogP contribution in [0.5, 0.6) is 0 Å². The highest BCUT2D eigenvalue weighted by Gasteiger charge is 2.42. The summed E-state index contributed by atoms with van der Waals surface area (Å²) in [6, 6.07) is 0. The number of carboxylic acids is 1. The molecule has 1 aliphatic heterocycles. The molecule has 21 heavy (non-hydrogen) atoms. The maximum absolute atomic E-state index is 12.6. The van der Waals surface area contributed by atoms with Crippen LogP contribution in [0.3, 0.4) is 0 Å². The van der Waals surface area contributed by atoms with Crippen molar-refractivity contribution < 1.29 is 19.4 Å². The Hall–Kier alpha value is -1.14. The van der Waals surface area contributed by atoms with Gasteiger partial charge in [-0.3, -0.25) is 9.59 Å². The second-order valence-electron chi connectivity index (χ2n) is 5.94. The number of amides is 1. The first kappa shape index (κ1) is 17.9. The van der Waals surface area contributed by atoms with Crippen LogP contribution in [0.15, 0.2) is 0 Å². The molecule has 0 aromatic rings. The lowest BCUT2D eigenvalue weighted by Crippen LogP contribution is -2.53. The summed E-state index contributed by atoms with van der Waals surface area (Å²) in [6.07, 6.45) is 2.42. The Morgan fingerprint density at radius 3 is 2.29 bits per heavy atom. The average Bonchev–Trinajstić information content (AvgIpc) is 2.49. The lowest BCUT2D eigenvalue weighted by Gasteiger charge is -2.37. The van der Waals surface area contributed by atoms with Crippen molar-refractivity contribution in [2.75, 3.05) is 33.4 Å². The number of nitrogens with one attached hydrogen (secondary N) is 2. The van der Waals surface area contributed by atoms with Gasteiger partial charge in [-0.15, -0.1) is 0 Å². The highest BCUT2D eigenvalue weighted by atomic mass is 16.5. The standard InChI is InChI=1S/C15H28N2O4/c1-4-14(5-2,13(19)20)10-17-12(18)15(11-21-3)6-8-16-9-7-15/h16H,4-11H2,1-3H3,(H,17,18)(H,19,20). The molecule has 122 valence electrons. The van der Waals surface area contributed by atoms with Gasteiger partial charge >= 0.3 is 5.97 Å². The molecule has 1 rings (SSSR count). The molecule has 6 heteroatoms. The van der Waals surface area contributed by atoms with Crippen LogP contribution in [-0.4, -0.2) is 50.3 Å². The third kappa shape index (κ3) is 3.95. The van der Waals surface area contributed by atoms with Crippen molar-refractivity contribution in [3.63, 3.8) is 0 Å². The smallest absolute Gasteiger partial charge is 0.311 e. The van der Waals surface area contributed by atoms with Gasteiger partial charge in [0.2, 0.25) is 5.91 Å². The van der Waals surface area contributed by atoms with Gasteiger partial charge in [0.1, 0.15) is 0 Å². The SMILES string of the molecule is CCC(CC)(CNC(=O)C1(COC)CCNCC1)C(=O)O. The Morgan fingerprint density at radius 2 is 1.86 bits per heavy atom. The second-order valence-corrected chi connectivity index (χ2v) is 5.94. The highest BCUT2D eigenvalue weighted by Crippen LogP contribution is 2.31. The molecule has 0 spiro atoms. The third-order valence-corrected chi connectivity index (χ3v) is 4.86. The van der Waals surface area contributed by atoms with Crippen LogP contribution < -0.4 is 10.6 Å². The zero-order valence-electron chi connectivity index (χ0n) is 13.3. The summed E-state index contributed by atoms with van der Waals surface area (Å²) >= 11 is 0. The van der Waals surface area contributed by atoms with E-state index < -0.39 is 16.8 Å². The average molecular weight is 300 g/mol. The topological polar surface area (TPSA) is 87.7 Å². The molecule has 1 heterocycles. The van der Waals surface area contributed by atoms with E-state index in [4.69, 9.17) is 4.74 Å². The number of carboxylic acid groups (broad SMARTS) is 1. The van der Waals surface area contributed by atoms with E-state index in [1.54, 1.807) is 7.11 Å². The molecule has 1 aliphatic rings. The molecule has 1 saturated heterocycles. The largest absolute Gasteiger partial charge is 0.481 e. The van der Waals surface area contributed by atoms with Crippen LogP contribution in [-0.2, 0) is 14.3 Å². The van der Waals surface area contributed by atoms with Gasteiger partial charge in [0.15, 0.2) is 0 Å². The normalized spacial score (nSPS) is 18.2. The summed E-state index contributed by atoms with van der Waals surface area (Å²) in [7, 11) is 1.59. The molecule has 0 bridgehead atoms. The van der Waals surface area contributed by atoms with Gasteiger partial charge in [-0.1, -0.05) is 13.8 Å². The fourth-order valence-electron chi connectivity index (χ4n) is 2.93. The lowest BCUT2D eigenvalue weighted by atomic mass is 9.77. The number of hydrogen-bond acceptors (Lipinski definition) is 4. The maximum Gasteiger partial charge on any atom is 0.311 e. The van der Waals surface area contributed by atoms with Crippen LogP contribution in [0.25, 0.3) is 0 Å². The Kier molecular flexibility index (Phi) is 6.61. The van der Waals surface area contributed by atoms with Crippen molar-refractivity contribution in [1.82, 2.24) is 10.6 Å². The third-order valence-electron chi connectivity index (χ3n) is 4.86. The fourth-order valence-corrected chi connectivity index (χ4v) is 2.93. The minimum atomic E-state index is -0.878. The Morgan fingerprint density at radius 1 is 1.29 bits per heavy atom. The first-order valence-electron chi connectivity index (χ1n) is 7.67. The molecular weight excluding hydrogens is 272 g/mol. The number of carbonyl (C=O) groups excluding carboxylic acids is 1. The van der Waals surface area contributed by atoms with E-state index in [2.05, 4.69) is 10.6 Å². The zero-order valence-corrected chi connectivity index (χ0v) is 13.3. The zero-order chi connectivity index (χ0) is 15.9. The van der Waals surface area contributed by atoms with E-state index in [9.17, 15) is 14.7 Å². The highest BCUT2D eigenvalue weighted by molar-refractivity contribution is 5.84. The summed E-state index contributed by atoms with van der Waals surface area (Å²) in [4.78, 5) is 24.1. The number of piperidine rings is 1. The molecule has 1 fully saturated rings. The van der Waals surface area contributed by atoms with E-state index >= 15 is 0 Å². The number of methoxy groups -OCH3 is 1. The Balaban J connectivity index is 2.75. The molecule has 6 nitrogen and oxygen atoms in total. The summed E-state index contributed by atoms with van der Waals surface area (Å²) in [5, 5.41) is 15.5. The Bertz CT molecular complexity index is 355. The number of ether oxygens (including phenoxy) is 1. The van der Waals surface area contributed by atoms with Crippen LogP contribution in [0.1, 0.15) is 39.5 Å². The summed E-state index contributed by atoms with van der Waals surface area (Å²) in [5.41, 5.74) is -1.41. The van der Waals surface area contributed by atoms with Gasteiger partial charge in [0, 0.05) is 13.7 Å². The minimum Gasteiger partial charge on any atom is -0.481 e. The van der Waals surface area contributed by atoms with E-state index in [1.807, 2.05) is 13.8 Å². The van der Waals surface area contributed by atoms with Crippen molar-refractivity contribution in [3.05, 3.63) is 0 Å². The number of aliphatic carboxylic acids is 1. The first-order chi connectivity index (χ1) is 9.96. The molecule has 0 atom stereocenters. The van der Waals surface area contributed by atoms with E-state index in [1.165, 1.54) is 0 Å². The minimum absolute atomic E-state index is 0.0848. The second kappa shape index (κ2) is 7.75. The lowest BCUT2D eigenvalue weighted by molar-refractivity contribution is -0.150. The van der Waals surface area contributed by atoms with Crippen molar-refractivity contribution in [1.29, 1.82) is 0 Å². The van der Waals surface area contributed by atoms with Crippen LogP contribution >= 0.6 is 0 Å². The van der Waals surface area contributed by atoms with Gasteiger partial charge in [0.25, 0.3) is 0 Å². The molecular formula is C15H28N2O4. The van der Waals surface area contributed by atoms with Crippen molar-refractivity contribution in [2.45, 2.75) is 39.5 Å². The molecule has 0 aromatic heterocycles. The van der Waals surface area contributed by atoms with Crippen molar-refractivity contribution in [3.8, 4) is 0 Å². The molecule has 0 radical (unpaired) electrons. The van der Waals surface area contributed by atoms with Crippen molar-refractivity contribution >= 4 is 11.9 Å². The number of hydrogen-bond donors (Lipinski definition) is 3. The molecule has 3 N–H and O–H groups in total. The fraction of sp³-hybridized carbons (Fsp3) is 0.867. The van der Waals surface area contributed by atoms with E-state index in [0.29, 0.717) is 32.3 Å². The van der Waals surface area contributed by atoms with E-state index in [0.717, 1.165) is 13.1 Å². The van der Waals surface area contributed by atoms with Crippen molar-refractivity contribution in [2.24, 2.45) is 10.8 Å². The summed E-state index contributed by atoms with van der Waals surface area (Å²) in [6.45, 7) is 5.80. The predicted octanol–water partition coefficient (Wildman–Crippen LogP) is 1.01. The predicted molar refractivity (Wildman–Crippen MR) is 80.1 cm³/mol. The van der Waals surface area contributed by atoms with Crippen LogP contribution in [0.4, 0.5) is 0 Å². The Labute approximate surface area is 126 Å². The molecule has 1 amide bonds. The van der Waals surface area contributed by atoms with Crippen LogP contribution in [0, 0.1) is 10.8 Å². The molecule has 0 unspecified atom stereocenters. The number of rotatable bonds is 8. The quantitative estimate of drug-likeness (QED) is 0.623. The van der Waals surface area contributed by atoms with Gasteiger partial charge in [0.05, 0.1) is 17.4 Å². The molecule has 0 aromatic carbocycles. The van der Waals surface area contributed by atoms with Crippen LogP contribution in [0.2, 0.25) is 0 Å². The maximum atomic E-state index is 12.6. The van der Waals surface area contributed by atoms with Gasteiger partial charge in [-0.05, 0) is 38.8 Å².